The molecule has 122 valence electrons. The average molecular weight is 310 g/mol. The summed E-state index contributed by atoms with van der Waals surface area (Å²) >= 11 is 0. The number of rotatable bonds is 2. The Morgan fingerprint density at radius 3 is 1.91 bits per heavy atom. The molecule has 0 amide bonds. The number of carbonyl (C=O) groups is 1. The lowest BCUT2D eigenvalue weighted by atomic mass is 9.73. The van der Waals surface area contributed by atoms with E-state index >= 15 is 0 Å². The van der Waals surface area contributed by atoms with Gasteiger partial charge in [-0.25, -0.2) is 4.79 Å². The Bertz CT molecular complexity index is 686. The Balaban J connectivity index is 2.52. The first-order valence-electron chi connectivity index (χ1n) is 8.02. The van der Waals surface area contributed by atoms with Crippen molar-refractivity contribution in [3.63, 3.8) is 0 Å². The summed E-state index contributed by atoms with van der Waals surface area (Å²) in [6, 6.07) is 15.1. The van der Waals surface area contributed by atoms with E-state index in [2.05, 4.69) is 47.6 Å². The molecule has 0 fully saturated rings. The molecule has 2 heteroatoms. The zero-order valence-corrected chi connectivity index (χ0v) is 14.9. The van der Waals surface area contributed by atoms with Gasteiger partial charge in [0.2, 0.25) is 0 Å². The minimum atomic E-state index is -0.299. The Hall–Kier alpha value is -2.09. The maximum Gasteiger partial charge on any atom is 0.343 e. The molecule has 23 heavy (non-hydrogen) atoms. The van der Waals surface area contributed by atoms with Crippen LogP contribution in [0.1, 0.15) is 63.0 Å². The van der Waals surface area contributed by atoms with Crippen LogP contribution < -0.4 is 4.74 Å². The summed E-state index contributed by atoms with van der Waals surface area (Å²) in [4.78, 5) is 12.7. The third kappa shape index (κ3) is 4.01. The van der Waals surface area contributed by atoms with Gasteiger partial charge in [0.25, 0.3) is 0 Å². The van der Waals surface area contributed by atoms with Crippen LogP contribution in [0.3, 0.4) is 0 Å². The average Bonchev–Trinajstić information content (AvgIpc) is 2.45. The van der Waals surface area contributed by atoms with Crippen molar-refractivity contribution >= 4 is 5.97 Å². The highest BCUT2D eigenvalue weighted by molar-refractivity contribution is 5.93. The van der Waals surface area contributed by atoms with E-state index in [-0.39, 0.29) is 16.8 Å². The summed E-state index contributed by atoms with van der Waals surface area (Å²) in [5, 5.41) is 0. The van der Waals surface area contributed by atoms with Crippen LogP contribution in [0.4, 0.5) is 0 Å². The molecule has 0 aromatic heterocycles. The Labute approximate surface area is 139 Å². The molecule has 0 aliphatic rings. The molecular weight excluding hydrogens is 284 g/mol. The molecule has 0 aliphatic heterocycles. The lowest BCUT2D eigenvalue weighted by molar-refractivity contribution is 0.0732. The van der Waals surface area contributed by atoms with Crippen molar-refractivity contribution in [1.29, 1.82) is 0 Å². The molecule has 0 unspecified atom stereocenters. The molecule has 2 aromatic rings. The van der Waals surface area contributed by atoms with E-state index in [1.807, 2.05) is 30.3 Å². The number of para-hydroxylation sites is 1. The Kier molecular flexibility index (Phi) is 4.65. The second-order valence-corrected chi connectivity index (χ2v) is 7.93. The monoisotopic (exact) mass is 310 g/mol. The van der Waals surface area contributed by atoms with Crippen LogP contribution in [0.25, 0.3) is 0 Å². The maximum absolute atomic E-state index is 12.7. The van der Waals surface area contributed by atoms with Gasteiger partial charge in [-0.2, -0.15) is 0 Å². The van der Waals surface area contributed by atoms with Gasteiger partial charge < -0.3 is 4.74 Å². The molecule has 0 spiro atoms. The van der Waals surface area contributed by atoms with Crippen LogP contribution >= 0.6 is 0 Å². The number of ether oxygens (including phenoxy) is 1. The van der Waals surface area contributed by atoms with Gasteiger partial charge in [-0.1, -0.05) is 71.9 Å². The van der Waals surface area contributed by atoms with Crippen molar-refractivity contribution < 1.29 is 9.53 Å². The van der Waals surface area contributed by atoms with E-state index in [0.29, 0.717) is 11.3 Å². The van der Waals surface area contributed by atoms with Crippen LogP contribution in [-0.4, -0.2) is 5.97 Å². The van der Waals surface area contributed by atoms with Crippen LogP contribution in [0.2, 0.25) is 0 Å². The topological polar surface area (TPSA) is 26.3 Å². The van der Waals surface area contributed by atoms with Gasteiger partial charge in [-0.3, -0.25) is 0 Å². The first kappa shape index (κ1) is 17.3. The lowest BCUT2D eigenvalue weighted by Crippen LogP contribution is -2.26. The van der Waals surface area contributed by atoms with Crippen molar-refractivity contribution in [2.45, 2.75) is 52.4 Å². The third-order valence-electron chi connectivity index (χ3n) is 3.80. The molecule has 0 aliphatic carbocycles. The summed E-state index contributed by atoms with van der Waals surface area (Å²) in [7, 11) is 0. The van der Waals surface area contributed by atoms with Crippen molar-refractivity contribution in [1.82, 2.24) is 0 Å². The SMILES string of the molecule is CC(C)(C)c1cccc(C(=O)Oc2ccccc2)c1C(C)(C)C. The van der Waals surface area contributed by atoms with Crippen molar-refractivity contribution in [3.8, 4) is 5.75 Å². The van der Waals surface area contributed by atoms with Gasteiger partial charge >= 0.3 is 5.97 Å². The van der Waals surface area contributed by atoms with Gasteiger partial charge in [0.15, 0.2) is 0 Å². The minimum Gasteiger partial charge on any atom is -0.423 e. The third-order valence-corrected chi connectivity index (χ3v) is 3.80. The minimum absolute atomic E-state index is 0.0361. The van der Waals surface area contributed by atoms with Crippen molar-refractivity contribution in [3.05, 3.63) is 65.2 Å². The van der Waals surface area contributed by atoms with Crippen molar-refractivity contribution in [2.24, 2.45) is 0 Å². The zero-order valence-electron chi connectivity index (χ0n) is 14.9. The molecule has 0 saturated heterocycles. The maximum atomic E-state index is 12.7. The largest absolute Gasteiger partial charge is 0.423 e. The van der Waals surface area contributed by atoms with E-state index in [1.54, 1.807) is 12.1 Å². The second-order valence-electron chi connectivity index (χ2n) is 7.93. The van der Waals surface area contributed by atoms with E-state index < -0.39 is 0 Å². The van der Waals surface area contributed by atoms with E-state index in [4.69, 9.17) is 4.74 Å². The fraction of sp³-hybridized carbons (Fsp3) is 0.381. The normalized spacial score (nSPS) is 12.1. The molecule has 2 rings (SSSR count). The first-order valence-corrected chi connectivity index (χ1v) is 8.02. The van der Waals surface area contributed by atoms with Gasteiger partial charge in [-0.15, -0.1) is 0 Å². The molecular formula is C21H26O2. The van der Waals surface area contributed by atoms with Crippen LogP contribution in [0.5, 0.6) is 5.75 Å². The Morgan fingerprint density at radius 1 is 0.783 bits per heavy atom. The van der Waals surface area contributed by atoms with Crippen LogP contribution in [-0.2, 0) is 10.8 Å². The quantitative estimate of drug-likeness (QED) is 0.540. The molecule has 0 radical (unpaired) electrons. The summed E-state index contributed by atoms with van der Waals surface area (Å²) in [6.07, 6.45) is 0. The molecule has 0 bridgehead atoms. The smallest absolute Gasteiger partial charge is 0.343 e. The summed E-state index contributed by atoms with van der Waals surface area (Å²) < 4.78 is 5.56. The Morgan fingerprint density at radius 2 is 1.39 bits per heavy atom. The number of esters is 1. The fourth-order valence-corrected chi connectivity index (χ4v) is 2.81. The number of benzene rings is 2. The number of carbonyl (C=O) groups excluding carboxylic acids is 1. The number of hydrogen-bond donors (Lipinski definition) is 0. The van der Waals surface area contributed by atoms with Gasteiger partial charge in [0.1, 0.15) is 5.75 Å². The summed E-state index contributed by atoms with van der Waals surface area (Å²) in [5.74, 6) is 0.269. The molecule has 0 saturated carbocycles. The highest BCUT2D eigenvalue weighted by Crippen LogP contribution is 2.36. The van der Waals surface area contributed by atoms with Gasteiger partial charge in [0.05, 0.1) is 5.56 Å². The zero-order chi connectivity index (χ0) is 17.3. The van der Waals surface area contributed by atoms with Crippen molar-refractivity contribution in [2.75, 3.05) is 0 Å². The standard InChI is InChI=1S/C21H26O2/c1-20(2,3)17-14-10-13-16(18(17)21(4,5)6)19(22)23-15-11-8-7-9-12-15/h7-14H,1-6H3. The second kappa shape index (κ2) is 6.19. The number of hydrogen-bond acceptors (Lipinski definition) is 2. The molecule has 0 N–H and O–H groups in total. The van der Waals surface area contributed by atoms with E-state index in [0.717, 1.165) is 5.56 Å². The molecule has 2 nitrogen and oxygen atoms in total. The highest BCUT2D eigenvalue weighted by Gasteiger charge is 2.30. The predicted molar refractivity (Wildman–Crippen MR) is 95.2 cm³/mol. The lowest BCUT2D eigenvalue weighted by Gasteiger charge is -2.31. The van der Waals surface area contributed by atoms with Crippen LogP contribution in [0.15, 0.2) is 48.5 Å². The highest BCUT2D eigenvalue weighted by atomic mass is 16.5. The predicted octanol–water partition coefficient (Wildman–Crippen LogP) is 5.50. The van der Waals surface area contributed by atoms with Gasteiger partial charge in [-0.05, 0) is 40.2 Å². The van der Waals surface area contributed by atoms with E-state index in [1.165, 1.54) is 5.56 Å². The summed E-state index contributed by atoms with van der Waals surface area (Å²) in [5.41, 5.74) is 2.72. The molecule has 0 heterocycles. The summed E-state index contributed by atoms with van der Waals surface area (Å²) in [6.45, 7) is 12.9. The molecule has 0 atom stereocenters. The van der Waals surface area contributed by atoms with E-state index in [9.17, 15) is 4.79 Å². The fourth-order valence-electron chi connectivity index (χ4n) is 2.81. The van der Waals surface area contributed by atoms with Crippen LogP contribution in [0, 0.1) is 0 Å². The van der Waals surface area contributed by atoms with Gasteiger partial charge in [0, 0.05) is 0 Å². The molecule has 2 aromatic carbocycles. The first-order chi connectivity index (χ1) is 10.6.